The van der Waals surface area contributed by atoms with Crippen molar-refractivity contribution in [2.75, 3.05) is 20.7 Å². The van der Waals surface area contributed by atoms with Crippen LogP contribution in [0.1, 0.15) is 29.5 Å². The van der Waals surface area contributed by atoms with E-state index in [0.29, 0.717) is 6.42 Å². The van der Waals surface area contributed by atoms with Gasteiger partial charge in [0.25, 0.3) is 0 Å². The van der Waals surface area contributed by atoms with E-state index in [9.17, 15) is 5.11 Å². The number of quaternary nitrogens is 1. The molecule has 5 nitrogen and oxygen atoms in total. The summed E-state index contributed by atoms with van der Waals surface area (Å²) in [6.45, 7) is 4.20. The Morgan fingerprint density at radius 2 is 2.22 bits per heavy atom. The van der Waals surface area contributed by atoms with Gasteiger partial charge in [-0.1, -0.05) is 12.2 Å². The van der Waals surface area contributed by atoms with E-state index in [1.807, 2.05) is 6.08 Å². The van der Waals surface area contributed by atoms with Gasteiger partial charge < -0.3 is 25.0 Å². The van der Waals surface area contributed by atoms with Crippen molar-refractivity contribution in [1.82, 2.24) is 0 Å². The maximum atomic E-state index is 10.0. The molecule has 0 amide bonds. The molecule has 3 N–H and O–H groups in total. The highest BCUT2D eigenvalue weighted by Gasteiger charge is 2.53. The number of aryl methyl sites for hydroxylation is 1. The lowest BCUT2D eigenvalue weighted by Gasteiger charge is -2.35. The fraction of sp³-hybridized carbons (Fsp3) is 0.556. The SMILES string of the molecule is COc1c(C)cc2c3c1O[C@H]1C[C@@H](O)C=C[C@@]31CC[NH+](C)C2.[OH-]. The fourth-order valence-electron chi connectivity index (χ4n) is 4.49. The molecule has 0 radical (unpaired) electrons. The lowest BCUT2D eigenvalue weighted by atomic mass is 9.69. The van der Waals surface area contributed by atoms with Gasteiger partial charge in [0.05, 0.1) is 32.2 Å². The molecule has 2 heterocycles. The van der Waals surface area contributed by atoms with E-state index < -0.39 is 6.10 Å². The normalized spacial score (nSPS) is 33.8. The summed E-state index contributed by atoms with van der Waals surface area (Å²) < 4.78 is 12.0. The van der Waals surface area contributed by atoms with Gasteiger partial charge in [-0.25, -0.2) is 0 Å². The molecule has 0 aromatic heterocycles. The first-order valence-electron chi connectivity index (χ1n) is 8.11. The van der Waals surface area contributed by atoms with E-state index >= 15 is 0 Å². The second-order valence-corrected chi connectivity index (χ2v) is 7.03. The van der Waals surface area contributed by atoms with Gasteiger partial charge in [0.2, 0.25) is 0 Å². The second kappa shape index (κ2) is 5.51. The lowest BCUT2D eigenvalue weighted by Crippen LogP contribution is -3.07. The van der Waals surface area contributed by atoms with E-state index in [1.165, 1.54) is 16.0 Å². The van der Waals surface area contributed by atoms with Crippen molar-refractivity contribution in [3.63, 3.8) is 0 Å². The van der Waals surface area contributed by atoms with Crippen molar-refractivity contribution in [2.24, 2.45) is 0 Å². The third kappa shape index (κ3) is 2.18. The Morgan fingerprint density at radius 3 is 2.96 bits per heavy atom. The quantitative estimate of drug-likeness (QED) is 0.742. The highest BCUT2D eigenvalue weighted by atomic mass is 16.5. The van der Waals surface area contributed by atoms with Crippen molar-refractivity contribution in [1.29, 1.82) is 0 Å². The number of methoxy groups -OCH3 is 1. The minimum Gasteiger partial charge on any atom is -0.870 e. The highest BCUT2D eigenvalue weighted by molar-refractivity contribution is 5.63. The van der Waals surface area contributed by atoms with Crippen LogP contribution in [-0.4, -0.2) is 43.5 Å². The van der Waals surface area contributed by atoms with Crippen LogP contribution in [0.4, 0.5) is 0 Å². The van der Waals surface area contributed by atoms with Crippen molar-refractivity contribution >= 4 is 0 Å². The zero-order valence-electron chi connectivity index (χ0n) is 13.9. The predicted octanol–water partition coefficient (Wildman–Crippen LogP) is 0.565. The lowest BCUT2D eigenvalue weighted by molar-refractivity contribution is -0.893. The molecule has 0 saturated carbocycles. The summed E-state index contributed by atoms with van der Waals surface area (Å²) in [6, 6.07) is 2.26. The largest absolute Gasteiger partial charge is 0.870 e. The number of hydrogen-bond acceptors (Lipinski definition) is 4. The first kappa shape index (κ1) is 16.3. The van der Waals surface area contributed by atoms with Crippen LogP contribution in [0.25, 0.3) is 0 Å². The van der Waals surface area contributed by atoms with Gasteiger partial charge in [-0.15, -0.1) is 0 Å². The molecule has 4 atom stereocenters. The summed E-state index contributed by atoms with van der Waals surface area (Å²) in [5.74, 6) is 1.77. The molecule has 126 valence electrons. The average Bonchev–Trinajstić information content (AvgIpc) is 2.72. The fourth-order valence-corrected chi connectivity index (χ4v) is 4.49. The van der Waals surface area contributed by atoms with E-state index in [2.05, 4.69) is 26.1 Å². The van der Waals surface area contributed by atoms with Gasteiger partial charge >= 0.3 is 0 Å². The zero-order chi connectivity index (χ0) is 15.5. The standard InChI is InChI=1S/C18H23NO3.H2O/c1-11-8-12-10-19(2)7-6-18-5-4-13(20)9-14(18)22-17(15(12)18)16(11)21-3;/h4-5,8,13-14,20H,6-7,9-10H2,1-3H3;1H2/t13-,14-,18-;/m0./s1. The first-order valence-corrected chi connectivity index (χ1v) is 8.11. The molecule has 4 rings (SSSR count). The van der Waals surface area contributed by atoms with Crippen molar-refractivity contribution < 1.29 is 25.0 Å². The molecular weight excluding hydrogens is 294 g/mol. The van der Waals surface area contributed by atoms with Crippen molar-refractivity contribution in [3.05, 3.63) is 34.9 Å². The minimum atomic E-state index is -0.409. The third-order valence-corrected chi connectivity index (χ3v) is 5.54. The Kier molecular flexibility index (Phi) is 3.91. The molecule has 2 aliphatic heterocycles. The number of nitrogens with one attached hydrogen (secondary N) is 1. The Balaban J connectivity index is 0.00000156. The second-order valence-electron chi connectivity index (χ2n) is 7.03. The van der Waals surface area contributed by atoms with Gasteiger partial charge in [0, 0.05) is 24.0 Å². The van der Waals surface area contributed by atoms with Gasteiger partial charge in [0.15, 0.2) is 11.5 Å². The molecule has 1 aliphatic carbocycles. The van der Waals surface area contributed by atoms with Crippen molar-refractivity contribution in [2.45, 2.75) is 43.9 Å². The van der Waals surface area contributed by atoms with Gasteiger partial charge in [-0.3, -0.25) is 0 Å². The Morgan fingerprint density at radius 1 is 1.43 bits per heavy atom. The highest BCUT2D eigenvalue weighted by Crippen LogP contribution is 2.55. The zero-order valence-corrected chi connectivity index (χ0v) is 13.9. The molecule has 1 unspecified atom stereocenters. The Labute approximate surface area is 136 Å². The Hall–Kier alpha value is -1.56. The Bertz CT molecular complexity index is 657. The predicted molar refractivity (Wildman–Crippen MR) is 85.6 cm³/mol. The van der Waals surface area contributed by atoms with Gasteiger partial charge in [0.1, 0.15) is 12.6 Å². The third-order valence-electron chi connectivity index (χ3n) is 5.54. The van der Waals surface area contributed by atoms with Crippen LogP contribution in [-0.2, 0) is 12.0 Å². The number of rotatable bonds is 1. The molecule has 0 bridgehead atoms. The number of aliphatic hydroxyl groups is 1. The minimum absolute atomic E-state index is 0. The monoisotopic (exact) mass is 319 g/mol. The number of benzene rings is 1. The van der Waals surface area contributed by atoms with E-state index in [0.717, 1.165) is 36.6 Å². The summed E-state index contributed by atoms with van der Waals surface area (Å²) in [5, 5.41) is 10.0. The summed E-state index contributed by atoms with van der Waals surface area (Å²) >= 11 is 0. The molecule has 0 fully saturated rings. The first-order chi connectivity index (χ1) is 10.5. The molecule has 3 aliphatic rings. The molecule has 1 aromatic rings. The van der Waals surface area contributed by atoms with Crippen LogP contribution < -0.4 is 14.4 Å². The maximum absolute atomic E-state index is 10.0. The average molecular weight is 319 g/mol. The summed E-state index contributed by atoms with van der Waals surface area (Å²) in [6.07, 6.45) is 5.47. The maximum Gasteiger partial charge on any atom is 0.166 e. The van der Waals surface area contributed by atoms with Crippen LogP contribution in [0.3, 0.4) is 0 Å². The smallest absolute Gasteiger partial charge is 0.166 e. The van der Waals surface area contributed by atoms with Crippen LogP contribution in [0, 0.1) is 6.92 Å². The molecule has 0 saturated heterocycles. The summed E-state index contributed by atoms with van der Waals surface area (Å²) in [4.78, 5) is 1.52. The van der Waals surface area contributed by atoms with Crippen LogP contribution in [0.2, 0.25) is 0 Å². The van der Waals surface area contributed by atoms with E-state index in [4.69, 9.17) is 9.47 Å². The molecule has 1 spiro atoms. The topological polar surface area (TPSA) is 73.1 Å². The summed E-state index contributed by atoms with van der Waals surface area (Å²) in [5.41, 5.74) is 3.71. The van der Waals surface area contributed by atoms with Crippen LogP contribution in [0.5, 0.6) is 11.5 Å². The summed E-state index contributed by atoms with van der Waals surface area (Å²) in [7, 11) is 3.96. The van der Waals surface area contributed by atoms with E-state index in [1.54, 1.807) is 7.11 Å². The molecule has 1 aromatic carbocycles. The number of aliphatic hydroxyl groups excluding tert-OH is 1. The van der Waals surface area contributed by atoms with Gasteiger partial charge in [-0.2, -0.15) is 0 Å². The molecular formula is C18H25NO4. The molecule has 5 heteroatoms. The van der Waals surface area contributed by atoms with Gasteiger partial charge in [-0.05, 0) is 18.6 Å². The van der Waals surface area contributed by atoms with E-state index in [-0.39, 0.29) is 17.0 Å². The number of ether oxygens (including phenoxy) is 2. The molecule has 23 heavy (non-hydrogen) atoms. The van der Waals surface area contributed by atoms with Crippen LogP contribution in [0.15, 0.2) is 18.2 Å². The van der Waals surface area contributed by atoms with Crippen LogP contribution >= 0.6 is 0 Å². The van der Waals surface area contributed by atoms with Crippen molar-refractivity contribution in [3.8, 4) is 11.5 Å². The number of hydrogen-bond donors (Lipinski definition) is 2.